The molecule has 1 aromatic carbocycles. The average Bonchev–Trinajstić information content (AvgIpc) is 2.51. The van der Waals surface area contributed by atoms with E-state index in [0.29, 0.717) is 12.0 Å². The first kappa shape index (κ1) is 19.2. The van der Waals surface area contributed by atoms with Gasteiger partial charge >= 0.3 is 0 Å². The lowest BCUT2D eigenvalue weighted by Crippen LogP contribution is -2.54. The van der Waals surface area contributed by atoms with Crippen LogP contribution in [0.4, 0.5) is 0 Å². The Morgan fingerprint density at radius 2 is 1.96 bits per heavy atom. The van der Waals surface area contributed by atoms with Crippen molar-refractivity contribution in [3.05, 3.63) is 29.8 Å². The first-order valence-corrected chi connectivity index (χ1v) is 9.19. The third kappa shape index (κ3) is 5.20. The molecule has 2 rings (SSSR count). The molecule has 0 aromatic heterocycles. The predicted molar refractivity (Wildman–Crippen MR) is 99.4 cm³/mol. The number of hydrogen-bond acceptors (Lipinski definition) is 4. The van der Waals surface area contributed by atoms with Crippen LogP contribution in [0.2, 0.25) is 0 Å². The lowest BCUT2D eigenvalue weighted by molar-refractivity contribution is -0.0831. The molecule has 1 heterocycles. The highest BCUT2D eigenvalue weighted by Crippen LogP contribution is 2.33. The zero-order valence-electron chi connectivity index (χ0n) is 15.9. The zero-order valence-corrected chi connectivity index (χ0v) is 15.9. The molecule has 0 aliphatic carbocycles. The summed E-state index contributed by atoms with van der Waals surface area (Å²) in [6.45, 7) is 11.1. The number of benzene rings is 1. The van der Waals surface area contributed by atoms with Gasteiger partial charge in [-0.3, -0.25) is 0 Å². The highest BCUT2D eigenvalue weighted by Gasteiger charge is 2.40. The molecule has 0 radical (unpaired) electrons. The number of rotatable bonds is 7. The van der Waals surface area contributed by atoms with Crippen LogP contribution in [0.15, 0.2) is 24.3 Å². The normalized spacial score (nSPS) is 28.3. The Morgan fingerprint density at radius 3 is 2.58 bits per heavy atom. The molecule has 0 saturated carbocycles. The van der Waals surface area contributed by atoms with Crippen molar-refractivity contribution in [2.24, 2.45) is 5.92 Å². The number of piperidine rings is 1. The van der Waals surface area contributed by atoms with E-state index in [1.165, 1.54) is 5.56 Å². The molecule has 1 aromatic rings. The highest BCUT2D eigenvalue weighted by molar-refractivity contribution is 5.27. The van der Waals surface area contributed by atoms with Crippen LogP contribution in [-0.2, 0) is 6.54 Å². The number of likely N-dealkylation sites (tertiary alicyclic amines) is 1. The largest absolute Gasteiger partial charge is 0.491 e. The first-order valence-electron chi connectivity index (χ1n) is 9.19. The third-order valence-corrected chi connectivity index (χ3v) is 5.24. The van der Waals surface area contributed by atoms with Gasteiger partial charge < -0.3 is 20.1 Å². The maximum Gasteiger partial charge on any atom is 0.119 e. The Labute approximate surface area is 147 Å². The molecular weight excluding hydrogens is 300 g/mol. The summed E-state index contributed by atoms with van der Waals surface area (Å²) >= 11 is 0. The summed E-state index contributed by atoms with van der Waals surface area (Å²) in [6.07, 6.45) is 1.86. The van der Waals surface area contributed by atoms with E-state index in [4.69, 9.17) is 4.74 Å². The van der Waals surface area contributed by atoms with E-state index in [1.54, 1.807) is 0 Å². The van der Waals surface area contributed by atoms with Crippen molar-refractivity contribution in [3.8, 4) is 5.75 Å². The van der Waals surface area contributed by atoms with E-state index in [-0.39, 0.29) is 6.10 Å². The molecule has 1 fully saturated rings. The number of hydrogen-bond donors (Lipinski definition) is 2. The fraction of sp³-hybridized carbons (Fsp3) is 0.700. The second-order valence-electron chi connectivity index (χ2n) is 7.73. The van der Waals surface area contributed by atoms with Crippen LogP contribution in [0.3, 0.4) is 0 Å². The Hall–Kier alpha value is -1.10. The van der Waals surface area contributed by atoms with E-state index in [9.17, 15) is 5.11 Å². The van der Waals surface area contributed by atoms with Crippen molar-refractivity contribution in [2.45, 2.75) is 64.8 Å². The molecule has 4 heteroatoms. The molecule has 2 N–H and O–H groups in total. The molecule has 1 aliphatic rings. The van der Waals surface area contributed by atoms with Crippen LogP contribution < -0.4 is 10.1 Å². The average molecular weight is 335 g/mol. The Bertz CT molecular complexity index is 503. The lowest BCUT2D eigenvalue weighted by atomic mass is 9.77. The summed E-state index contributed by atoms with van der Waals surface area (Å²) in [5.74, 6) is 1.23. The monoisotopic (exact) mass is 334 g/mol. The van der Waals surface area contributed by atoms with Crippen molar-refractivity contribution in [1.82, 2.24) is 10.2 Å². The zero-order chi connectivity index (χ0) is 17.7. The second kappa shape index (κ2) is 8.32. The Kier molecular flexibility index (Phi) is 6.67. The summed E-state index contributed by atoms with van der Waals surface area (Å²) in [7, 11) is 2.14. The Balaban J connectivity index is 1.76. The molecule has 136 valence electrons. The molecule has 0 spiro atoms. The minimum Gasteiger partial charge on any atom is -0.491 e. The minimum atomic E-state index is -0.548. The van der Waals surface area contributed by atoms with Gasteiger partial charge in [-0.05, 0) is 70.8 Å². The number of ether oxygens (including phenoxy) is 1. The van der Waals surface area contributed by atoms with Gasteiger partial charge in [-0.1, -0.05) is 19.1 Å². The molecule has 3 atom stereocenters. The van der Waals surface area contributed by atoms with Crippen LogP contribution >= 0.6 is 0 Å². The Morgan fingerprint density at radius 1 is 1.29 bits per heavy atom. The number of nitrogens with zero attached hydrogens (tertiary/aromatic N) is 1. The van der Waals surface area contributed by atoms with Crippen LogP contribution in [0.1, 0.15) is 46.1 Å². The third-order valence-electron chi connectivity index (χ3n) is 5.24. The van der Waals surface area contributed by atoms with Gasteiger partial charge in [0.1, 0.15) is 5.75 Å². The highest BCUT2D eigenvalue weighted by atomic mass is 16.5. The smallest absolute Gasteiger partial charge is 0.119 e. The fourth-order valence-electron chi connectivity index (χ4n) is 3.49. The van der Waals surface area contributed by atoms with E-state index in [2.05, 4.69) is 43.2 Å². The predicted octanol–water partition coefficient (Wildman–Crippen LogP) is 3.04. The van der Waals surface area contributed by atoms with Gasteiger partial charge in [-0.25, -0.2) is 0 Å². The van der Waals surface area contributed by atoms with E-state index in [1.807, 2.05) is 26.0 Å². The molecule has 1 saturated heterocycles. The molecule has 4 nitrogen and oxygen atoms in total. The first-order chi connectivity index (χ1) is 11.3. The van der Waals surface area contributed by atoms with Crippen molar-refractivity contribution >= 4 is 0 Å². The second-order valence-corrected chi connectivity index (χ2v) is 7.73. The van der Waals surface area contributed by atoms with Gasteiger partial charge in [0.2, 0.25) is 0 Å². The van der Waals surface area contributed by atoms with E-state index in [0.717, 1.165) is 38.2 Å². The van der Waals surface area contributed by atoms with Gasteiger partial charge in [-0.2, -0.15) is 0 Å². The summed E-state index contributed by atoms with van der Waals surface area (Å²) in [5, 5.41) is 14.4. The van der Waals surface area contributed by atoms with Crippen molar-refractivity contribution in [1.29, 1.82) is 0 Å². The molecule has 1 aliphatic heterocycles. The topological polar surface area (TPSA) is 44.7 Å². The summed E-state index contributed by atoms with van der Waals surface area (Å²) in [5.41, 5.74) is 0.691. The SMILES string of the molecule is CC(C)Oc1ccc(CNCC[C@@]2(O)C[C@H](C)N(C)C[C@H]2C)cc1. The van der Waals surface area contributed by atoms with Gasteiger partial charge in [0.15, 0.2) is 0 Å². The summed E-state index contributed by atoms with van der Waals surface area (Å²) in [4.78, 5) is 2.34. The van der Waals surface area contributed by atoms with Crippen molar-refractivity contribution < 1.29 is 9.84 Å². The van der Waals surface area contributed by atoms with Gasteiger partial charge in [0.25, 0.3) is 0 Å². The van der Waals surface area contributed by atoms with E-state index >= 15 is 0 Å². The standard InChI is InChI=1S/C20H34N2O2/c1-15(2)24-19-8-6-18(7-9-19)13-21-11-10-20(23)12-17(4)22(5)14-16(20)3/h6-9,15-17,21,23H,10-14H2,1-5H3/t16-,17+,20-/m1/s1. The lowest BCUT2D eigenvalue weighted by Gasteiger charge is -2.46. The van der Waals surface area contributed by atoms with Crippen LogP contribution in [0.25, 0.3) is 0 Å². The number of aliphatic hydroxyl groups is 1. The van der Waals surface area contributed by atoms with Crippen molar-refractivity contribution in [3.63, 3.8) is 0 Å². The van der Waals surface area contributed by atoms with Gasteiger partial charge in [0, 0.05) is 19.1 Å². The van der Waals surface area contributed by atoms with Crippen LogP contribution in [0.5, 0.6) is 5.75 Å². The molecular formula is C20H34N2O2. The molecule has 24 heavy (non-hydrogen) atoms. The molecule has 0 amide bonds. The molecule has 0 unspecified atom stereocenters. The quantitative estimate of drug-likeness (QED) is 0.752. The van der Waals surface area contributed by atoms with Gasteiger partial charge in [0.05, 0.1) is 11.7 Å². The summed E-state index contributed by atoms with van der Waals surface area (Å²) < 4.78 is 5.66. The number of nitrogens with one attached hydrogen (secondary N) is 1. The van der Waals surface area contributed by atoms with Gasteiger partial charge in [-0.15, -0.1) is 0 Å². The van der Waals surface area contributed by atoms with Crippen LogP contribution in [0, 0.1) is 5.92 Å². The summed E-state index contributed by atoms with van der Waals surface area (Å²) in [6, 6.07) is 8.68. The van der Waals surface area contributed by atoms with Crippen molar-refractivity contribution in [2.75, 3.05) is 20.1 Å². The fourth-order valence-corrected chi connectivity index (χ4v) is 3.49. The van der Waals surface area contributed by atoms with Crippen LogP contribution in [-0.4, -0.2) is 47.9 Å². The molecule has 0 bridgehead atoms. The minimum absolute atomic E-state index is 0.202. The maximum atomic E-state index is 11.0. The van der Waals surface area contributed by atoms with E-state index < -0.39 is 5.60 Å². The maximum absolute atomic E-state index is 11.0.